The van der Waals surface area contributed by atoms with E-state index in [4.69, 9.17) is 4.98 Å². The molecule has 154 valence electrons. The zero-order valence-electron chi connectivity index (χ0n) is 17.7. The van der Waals surface area contributed by atoms with Crippen LogP contribution in [0, 0.1) is 5.41 Å². The van der Waals surface area contributed by atoms with Crippen LogP contribution in [-0.4, -0.2) is 52.9 Å². The van der Waals surface area contributed by atoms with E-state index in [0.29, 0.717) is 18.2 Å². The number of allylic oxidation sites excluding steroid dienone is 2. The molecule has 3 rings (SSSR count). The molecule has 1 aromatic rings. The Balaban J connectivity index is 1.94. The van der Waals surface area contributed by atoms with E-state index in [0.717, 1.165) is 43.9 Å². The molecule has 7 heteroatoms. The minimum absolute atomic E-state index is 0.191. The van der Waals surface area contributed by atoms with Crippen molar-refractivity contribution in [1.82, 2.24) is 25.1 Å². The van der Waals surface area contributed by atoms with Gasteiger partial charge in [0.25, 0.3) is 5.91 Å². The van der Waals surface area contributed by atoms with Crippen LogP contribution in [0.2, 0.25) is 0 Å². The van der Waals surface area contributed by atoms with Crippen molar-refractivity contribution >= 4 is 11.8 Å². The van der Waals surface area contributed by atoms with Gasteiger partial charge in [-0.2, -0.15) is 0 Å². The lowest BCUT2D eigenvalue weighted by Gasteiger charge is -2.30. The van der Waals surface area contributed by atoms with Crippen molar-refractivity contribution in [2.24, 2.45) is 5.41 Å². The van der Waals surface area contributed by atoms with E-state index >= 15 is 0 Å². The molecule has 0 radical (unpaired) electrons. The monoisotopic (exact) mass is 387 g/mol. The Hall–Kier alpha value is -2.15. The zero-order chi connectivity index (χ0) is 20.5. The molecule has 0 saturated heterocycles. The number of carbonyl (C=O) groups is 2. The lowest BCUT2D eigenvalue weighted by atomic mass is 9.86. The highest BCUT2D eigenvalue weighted by Crippen LogP contribution is 2.32. The Labute approximate surface area is 167 Å². The van der Waals surface area contributed by atoms with Crippen LogP contribution in [0.5, 0.6) is 0 Å². The summed E-state index contributed by atoms with van der Waals surface area (Å²) in [6.45, 7) is 8.33. The smallest absolute Gasteiger partial charge is 0.272 e. The van der Waals surface area contributed by atoms with Crippen molar-refractivity contribution < 1.29 is 9.59 Å². The molecular weight excluding hydrogens is 354 g/mol. The molecule has 2 unspecified atom stereocenters. The number of likely N-dealkylation sites (N-methyl/N-ethyl adjacent to an activating group) is 2. The van der Waals surface area contributed by atoms with E-state index in [2.05, 4.69) is 39.3 Å². The van der Waals surface area contributed by atoms with Gasteiger partial charge in [0.2, 0.25) is 5.91 Å². The molecule has 0 aromatic carbocycles. The van der Waals surface area contributed by atoms with E-state index in [1.54, 1.807) is 7.05 Å². The molecule has 2 heterocycles. The summed E-state index contributed by atoms with van der Waals surface area (Å²) in [5.41, 5.74) is 1.03. The summed E-state index contributed by atoms with van der Waals surface area (Å²) >= 11 is 0. The van der Waals surface area contributed by atoms with Crippen LogP contribution in [0.3, 0.4) is 0 Å². The first-order valence-electron chi connectivity index (χ1n) is 10.2. The highest BCUT2D eigenvalue weighted by atomic mass is 16.2. The fraction of sp³-hybridized carbons (Fsp3) is 0.667. The first-order valence-corrected chi connectivity index (χ1v) is 10.2. The maximum Gasteiger partial charge on any atom is 0.272 e. The SMILES string of the molecule is CNC(=O)C(NC(=O)c1nc(C2CC=CCC2)n2c1CN(C)CC2)C(C)(C)C. The third kappa shape index (κ3) is 4.14. The number of rotatable bonds is 4. The molecule has 0 bridgehead atoms. The summed E-state index contributed by atoms with van der Waals surface area (Å²) in [4.78, 5) is 32.6. The molecule has 1 aliphatic heterocycles. The number of aromatic nitrogens is 2. The van der Waals surface area contributed by atoms with Gasteiger partial charge in [0.05, 0.1) is 5.69 Å². The number of amides is 2. The fourth-order valence-corrected chi connectivity index (χ4v) is 4.06. The number of carbonyl (C=O) groups excluding carboxylic acids is 2. The molecule has 2 atom stereocenters. The molecule has 0 spiro atoms. The van der Waals surface area contributed by atoms with Crippen LogP contribution in [0.15, 0.2) is 12.2 Å². The van der Waals surface area contributed by atoms with Gasteiger partial charge in [-0.1, -0.05) is 32.9 Å². The second-order valence-corrected chi connectivity index (χ2v) is 9.02. The second-order valence-electron chi connectivity index (χ2n) is 9.02. The van der Waals surface area contributed by atoms with Crippen molar-refractivity contribution in [3.63, 3.8) is 0 Å². The molecule has 0 fully saturated rings. The van der Waals surface area contributed by atoms with E-state index in [1.165, 1.54) is 0 Å². The van der Waals surface area contributed by atoms with Crippen LogP contribution in [-0.2, 0) is 17.9 Å². The first-order chi connectivity index (χ1) is 13.2. The highest BCUT2D eigenvalue weighted by molar-refractivity contribution is 5.97. The minimum Gasteiger partial charge on any atom is -0.357 e. The van der Waals surface area contributed by atoms with Crippen LogP contribution in [0.4, 0.5) is 0 Å². The standard InChI is InChI=1S/C21H33N5O2/c1-21(2,3)17(20(28)22-4)24-19(27)16-15-13-25(5)11-12-26(15)18(23-16)14-9-7-6-8-10-14/h6-7,14,17H,8-13H2,1-5H3,(H,22,28)(H,24,27). The zero-order valence-corrected chi connectivity index (χ0v) is 17.7. The van der Waals surface area contributed by atoms with E-state index in [-0.39, 0.29) is 11.8 Å². The van der Waals surface area contributed by atoms with E-state index in [9.17, 15) is 9.59 Å². The molecule has 1 aliphatic carbocycles. The lowest BCUT2D eigenvalue weighted by Crippen LogP contribution is -2.53. The number of fused-ring (bicyclic) bond motifs is 1. The van der Waals surface area contributed by atoms with Gasteiger partial charge in [-0.3, -0.25) is 14.5 Å². The third-order valence-corrected chi connectivity index (χ3v) is 5.73. The third-order valence-electron chi connectivity index (χ3n) is 5.73. The van der Waals surface area contributed by atoms with Crippen molar-refractivity contribution in [1.29, 1.82) is 0 Å². The van der Waals surface area contributed by atoms with Gasteiger partial charge in [-0.15, -0.1) is 0 Å². The number of nitrogens with zero attached hydrogens (tertiary/aromatic N) is 3. The fourth-order valence-electron chi connectivity index (χ4n) is 4.06. The first kappa shape index (κ1) is 20.6. The van der Waals surface area contributed by atoms with Crippen LogP contribution in [0.1, 0.15) is 68.0 Å². The summed E-state index contributed by atoms with van der Waals surface area (Å²) in [6.07, 6.45) is 7.51. The number of hydrogen-bond acceptors (Lipinski definition) is 4. The van der Waals surface area contributed by atoms with Gasteiger partial charge in [0.15, 0.2) is 5.69 Å². The summed E-state index contributed by atoms with van der Waals surface area (Å²) < 4.78 is 2.24. The maximum absolute atomic E-state index is 13.2. The molecule has 2 aliphatic rings. The van der Waals surface area contributed by atoms with Gasteiger partial charge >= 0.3 is 0 Å². The molecule has 2 N–H and O–H groups in total. The largest absolute Gasteiger partial charge is 0.357 e. The predicted octanol–water partition coefficient (Wildman–Crippen LogP) is 2.04. The van der Waals surface area contributed by atoms with Crippen molar-refractivity contribution in [3.05, 3.63) is 29.4 Å². The van der Waals surface area contributed by atoms with Gasteiger partial charge < -0.3 is 15.2 Å². The summed E-state index contributed by atoms with van der Waals surface area (Å²) in [7, 11) is 3.65. The number of imidazole rings is 1. The Kier molecular flexibility index (Phi) is 5.93. The maximum atomic E-state index is 13.2. The average Bonchev–Trinajstić information content (AvgIpc) is 3.03. The number of hydrogen-bond donors (Lipinski definition) is 2. The van der Waals surface area contributed by atoms with Crippen molar-refractivity contribution in [3.8, 4) is 0 Å². The van der Waals surface area contributed by atoms with Gasteiger partial charge in [0.1, 0.15) is 11.9 Å². The normalized spacial score (nSPS) is 21.1. The topological polar surface area (TPSA) is 79.3 Å². The minimum atomic E-state index is -0.621. The predicted molar refractivity (Wildman–Crippen MR) is 109 cm³/mol. The van der Waals surface area contributed by atoms with Gasteiger partial charge in [-0.25, -0.2) is 4.98 Å². The average molecular weight is 388 g/mol. The van der Waals surface area contributed by atoms with Crippen molar-refractivity contribution in [2.45, 2.75) is 65.1 Å². The summed E-state index contributed by atoms with van der Waals surface area (Å²) in [6, 6.07) is -0.621. The second kappa shape index (κ2) is 8.07. The molecule has 2 amide bonds. The van der Waals surface area contributed by atoms with Gasteiger partial charge in [0, 0.05) is 32.6 Å². The summed E-state index contributed by atoms with van der Waals surface area (Å²) in [5.74, 6) is 0.916. The Morgan fingerprint density at radius 3 is 2.61 bits per heavy atom. The molecule has 0 saturated carbocycles. The van der Waals surface area contributed by atoms with E-state index < -0.39 is 11.5 Å². The lowest BCUT2D eigenvalue weighted by molar-refractivity contribution is -0.124. The molecule has 7 nitrogen and oxygen atoms in total. The van der Waals surface area contributed by atoms with Gasteiger partial charge in [-0.05, 0) is 31.7 Å². The van der Waals surface area contributed by atoms with Crippen molar-refractivity contribution in [2.75, 3.05) is 20.6 Å². The molecular formula is C21H33N5O2. The quantitative estimate of drug-likeness (QED) is 0.775. The van der Waals surface area contributed by atoms with Crippen LogP contribution < -0.4 is 10.6 Å². The van der Waals surface area contributed by atoms with E-state index in [1.807, 2.05) is 20.8 Å². The van der Waals surface area contributed by atoms with Crippen LogP contribution in [0.25, 0.3) is 0 Å². The van der Waals surface area contributed by atoms with Crippen LogP contribution >= 0.6 is 0 Å². The highest BCUT2D eigenvalue weighted by Gasteiger charge is 2.35. The Bertz CT molecular complexity index is 774. The molecule has 1 aromatic heterocycles. The summed E-state index contributed by atoms with van der Waals surface area (Å²) in [5, 5.41) is 5.61. The Morgan fingerprint density at radius 2 is 2.00 bits per heavy atom. The molecule has 28 heavy (non-hydrogen) atoms. The number of nitrogens with one attached hydrogen (secondary N) is 2. The Morgan fingerprint density at radius 1 is 1.25 bits per heavy atom.